The number of rotatable bonds is 3. The van der Waals surface area contributed by atoms with Crippen molar-refractivity contribution in [3.05, 3.63) is 29.8 Å². The number of benzene rings is 1. The number of hydrogen-bond donors (Lipinski definition) is 3. The molecule has 0 aliphatic heterocycles. The Morgan fingerprint density at radius 2 is 2.12 bits per heavy atom. The van der Waals surface area contributed by atoms with Crippen LogP contribution in [0.3, 0.4) is 0 Å². The lowest BCUT2D eigenvalue weighted by atomic mass is 10.2. The van der Waals surface area contributed by atoms with Gasteiger partial charge in [0.05, 0.1) is 7.11 Å². The third-order valence-electron chi connectivity index (χ3n) is 1.82. The van der Waals surface area contributed by atoms with Crippen molar-refractivity contribution in [3.63, 3.8) is 0 Å². The summed E-state index contributed by atoms with van der Waals surface area (Å²) in [7, 11) is 1.40. The van der Waals surface area contributed by atoms with Gasteiger partial charge in [0, 0.05) is 6.08 Å². The number of hydrogen-bond acceptors (Lipinski definition) is 5. The van der Waals surface area contributed by atoms with E-state index in [4.69, 9.17) is 15.2 Å². The van der Waals surface area contributed by atoms with Gasteiger partial charge in [-0.1, -0.05) is 11.3 Å². The van der Waals surface area contributed by atoms with Gasteiger partial charge in [0.1, 0.15) is 0 Å². The van der Waals surface area contributed by atoms with E-state index in [1.807, 2.05) is 0 Å². The van der Waals surface area contributed by atoms with Crippen LogP contribution in [0.1, 0.15) is 5.56 Å². The molecule has 6 nitrogen and oxygen atoms in total. The second kappa shape index (κ2) is 5.15. The highest BCUT2D eigenvalue weighted by atomic mass is 16.8. The summed E-state index contributed by atoms with van der Waals surface area (Å²) in [4.78, 5) is 10.8. The van der Waals surface area contributed by atoms with Gasteiger partial charge in [0.2, 0.25) is 0 Å². The molecule has 3 N–H and O–H groups in total. The molecule has 0 atom stereocenters. The number of amides is 1. The Labute approximate surface area is 91.5 Å². The summed E-state index contributed by atoms with van der Waals surface area (Å²) < 4.78 is 4.86. The molecule has 0 spiro atoms. The SMILES string of the molecule is COc1cc(C=CC(=O)N(O)O)ccc1O. The molecule has 0 aliphatic carbocycles. The molecule has 16 heavy (non-hydrogen) atoms. The molecule has 0 unspecified atom stereocenters. The van der Waals surface area contributed by atoms with E-state index in [0.29, 0.717) is 5.56 Å². The maximum absolute atomic E-state index is 10.8. The fourth-order valence-electron chi connectivity index (χ4n) is 1.03. The van der Waals surface area contributed by atoms with E-state index >= 15 is 0 Å². The van der Waals surface area contributed by atoms with Gasteiger partial charge in [0.15, 0.2) is 11.5 Å². The number of phenols is 1. The van der Waals surface area contributed by atoms with Gasteiger partial charge in [0.25, 0.3) is 5.91 Å². The van der Waals surface area contributed by atoms with E-state index in [1.165, 1.54) is 25.3 Å². The van der Waals surface area contributed by atoms with Crippen LogP contribution in [-0.2, 0) is 4.79 Å². The third-order valence-corrected chi connectivity index (χ3v) is 1.82. The Hall–Kier alpha value is -2.05. The molecule has 86 valence electrons. The van der Waals surface area contributed by atoms with Gasteiger partial charge >= 0.3 is 0 Å². The maximum Gasteiger partial charge on any atom is 0.296 e. The molecule has 1 amide bonds. The number of ether oxygens (including phenoxy) is 1. The first-order valence-electron chi connectivity index (χ1n) is 4.31. The monoisotopic (exact) mass is 225 g/mol. The predicted octanol–water partition coefficient (Wildman–Crippen LogP) is 1.02. The third kappa shape index (κ3) is 2.97. The zero-order chi connectivity index (χ0) is 12.1. The van der Waals surface area contributed by atoms with Crippen molar-refractivity contribution in [2.75, 3.05) is 7.11 Å². The second-order valence-corrected chi connectivity index (χ2v) is 2.89. The first-order valence-corrected chi connectivity index (χ1v) is 4.31. The fourth-order valence-corrected chi connectivity index (χ4v) is 1.03. The molecule has 1 aromatic rings. The molecule has 6 heteroatoms. The van der Waals surface area contributed by atoms with Crippen LogP contribution in [0.5, 0.6) is 11.5 Å². The molecular formula is C10H11NO5. The molecule has 0 heterocycles. The number of carbonyl (C=O) groups is 1. The Balaban J connectivity index is 2.86. The number of phenolic OH excluding ortho intramolecular Hbond substituents is 1. The lowest BCUT2D eigenvalue weighted by molar-refractivity contribution is -0.280. The smallest absolute Gasteiger partial charge is 0.296 e. The highest BCUT2D eigenvalue weighted by Gasteiger charge is 2.03. The molecule has 1 aromatic carbocycles. The largest absolute Gasteiger partial charge is 0.504 e. The van der Waals surface area contributed by atoms with Crippen molar-refractivity contribution in [1.29, 1.82) is 0 Å². The lowest BCUT2D eigenvalue weighted by Gasteiger charge is -2.04. The van der Waals surface area contributed by atoms with Gasteiger partial charge in [-0.15, -0.1) is 0 Å². The summed E-state index contributed by atoms with van der Waals surface area (Å²) in [6.45, 7) is 0. The standard InChI is InChI=1S/C10H11NO5/c1-16-9-6-7(2-4-8(9)12)3-5-10(13)11(14)15/h2-6,12,14-15H,1H3. The lowest BCUT2D eigenvalue weighted by Crippen LogP contribution is -2.20. The average Bonchev–Trinajstić information content (AvgIpc) is 2.27. The van der Waals surface area contributed by atoms with Crippen molar-refractivity contribution >= 4 is 12.0 Å². The Morgan fingerprint density at radius 3 is 2.69 bits per heavy atom. The minimum atomic E-state index is -0.980. The minimum absolute atomic E-state index is 0.0167. The van der Waals surface area contributed by atoms with Crippen LogP contribution in [0.25, 0.3) is 6.08 Å². The summed E-state index contributed by atoms with van der Waals surface area (Å²) in [5.41, 5.74) is 0.574. The van der Waals surface area contributed by atoms with Gasteiger partial charge in [-0.05, 0) is 23.8 Å². The number of nitrogens with zero attached hydrogens (tertiary/aromatic N) is 1. The zero-order valence-corrected chi connectivity index (χ0v) is 8.49. The van der Waals surface area contributed by atoms with Crippen molar-refractivity contribution in [1.82, 2.24) is 5.23 Å². The van der Waals surface area contributed by atoms with E-state index in [1.54, 1.807) is 6.07 Å². The fraction of sp³-hybridized carbons (Fsp3) is 0.100. The first-order chi connectivity index (χ1) is 7.54. The molecule has 0 saturated heterocycles. The first kappa shape index (κ1) is 12.0. The van der Waals surface area contributed by atoms with Crippen LogP contribution in [-0.4, -0.2) is 33.8 Å². The van der Waals surface area contributed by atoms with Crippen LogP contribution in [0.2, 0.25) is 0 Å². The van der Waals surface area contributed by atoms with Crippen LogP contribution in [0.4, 0.5) is 0 Å². The van der Waals surface area contributed by atoms with Crippen LogP contribution in [0, 0.1) is 0 Å². The van der Waals surface area contributed by atoms with Crippen LogP contribution in [0.15, 0.2) is 24.3 Å². The van der Waals surface area contributed by atoms with E-state index < -0.39 is 11.1 Å². The summed E-state index contributed by atoms with van der Waals surface area (Å²) in [6, 6.07) is 4.44. The number of carbonyl (C=O) groups excluding carboxylic acids is 1. The normalized spacial score (nSPS) is 10.4. The molecule has 0 aliphatic rings. The number of aromatic hydroxyl groups is 1. The summed E-state index contributed by atoms with van der Waals surface area (Å²) in [5.74, 6) is -0.733. The van der Waals surface area contributed by atoms with E-state index in [2.05, 4.69) is 0 Å². The predicted molar refractivity (Wildman–Crippen MR) is 54.1 cm³/mol. The molecule has 0 aromatic heterocycles. The Bertz CT molecular complexity index is 414. The van der Waals surface area contributed by atoms with Gasteiger partial charge in [-0.25, -0.2) is 0 Å². The average molecular weight is 225 g/mol. The molecule has 0 bridgehead atoms. The van der Waals surface area contributed by atoms with E-state index in [9.17, 15) is 9.90 Å². The van der Waals surface area contributed by atoms with Crippen molar-refractivity contribution in [2.45, 2.75) is 0 Å². The molecular weight excluding hydrogens is 214 g/mol. The van der Waals surface area contributed by atoms with Crippen molar-refractivity contribution < 1.29 is 25.1 Å². The summed E-state index contributed by atoms with van der Waals surface area (Å²) >= 11 is 0. The minimum Gasteiger partial charge on any atom is -0.504 e. The second-order valence-electron chi connectivity index (χ2n) is 2.89. The van der Waals surface area contributed by atoms with E-state index in [-0.39, 0.29) is 11.5 Å². The quantitative estimate of drug-likeness (QED) is 0.406. The molecule has 0 radical (unpaired) electrons. The molecule has 0 fully saturated rings. The van der Waals surface area contributed by atoms with Crippen LogP contribution < -0.4 is 4.74 Å². The highest BCUT2D eigenvalue weighted by molar-refractivity contribution is 5.90. The Kier molecular flexibility index (Phi) is 3.87. The highest BCUT2D eigenvalue weighted by Crippen LogP contribution is 2.26. The summed E-state index contributed by atoms with van der Waals surface area (Å²) in [6.07, 6.45) is 2.32. The van der Waals surface area contributed by atoms with Crippen molar-refractivity contribution in [3.8, 4) is 11.5 Å². The molecule has 0 saturated carbocycles. The topological polar surface area (TPSA) is 90.2 Å². The van der Waals surface area contributed by atoms with Crippen molar-refractivity contribution in [2.24, 2.45) is 0 Å². The van der Waals surface area contributed by atoms with Gasteiger partial charge in [-0.2, -0.15) is 0 Å². The number of methoxy groups -OCH3 is 1. The summed E-state index contributed by atoms with van der Waals surface area (Å²) in [5, 5.41) is 25.5. The molecule has 1 rings (SSSR count). The van der Waals surface area contributed by atoms with Gasteiger partial charge in [-0.3, -0.25) is 15.2 Å². The maximum atomic E-state index is 10.8. The Morgan fingerprint density at radius 1 is 1.44 bits per heavy atom. The number of hydroxylamine groups is 2. The van der Waals surface area contributed by atoms with Crippen LogP contribution >= 0.6 is 0 Å². The zero-order valence-electron chi connectivity index (χ0n) is 8.49. The van der Waals surface area contributed by atoms with E-state index in [0.717, 1.165) is 6.08 Å². The van der Waals surface area contributed by atoms with Gasteiger partial charge < -0.3 is 9.84 Å².